The molecule has 0 saturated heterocycles. The van der Waals surface area contributed by atoms with Gasteiger partial charge in [-0.05, 0) is 42.0 Å². The van der Waals surface area contributed by atoms with Crippen molar-refractivity contribution in [3.8, 4) is 0 Å². The van der Waals surface area contributed by atoms with Gasteiger partial charge in [0.2, 0.25) is 0 Å². The van der Waals surface area contributed by atoms with Gasteiger partial charge < -0.3 is 11.1 Å². The second kappa shape index (κ2) is 6.64. The number of carbonyl (C=O) groups excluding carboxylic acids is 2. The number of primary amides is 1. The molecule has 2 aliphatic carbocycles. The van der Waals surface area contributed by atoms with Crippen LogP contribution in [0.3, 0.4) is 0 Å². The van der Waals surface area contributed by atoms with Gasteiger partial charge in [-0.2, -0.15) is 0 Å². The number of allylic oxidation sites excluding steroid dienone is 2. The van der Waals surface area contributed by atoms with Crippen molar-refractivity contribution in [2.75, 3.05) is 5.32 Å². The Morgan fingerprint density at radius 1 is 1.04 bits per heavy atom. The fourth-order valence-electron chi connectivity index (χ4n) is 3.77. The fraction of sp³-hybridized carbons (Fsp3) is 0.182. The number of nitrogens with one attached hydrogen (secondary N) is 1. The Hall–Kier alpha value is -3.14. The van der Waals surface area contributed by atoms with Crippen LogP contribution in [0, 0.1) is 0 Å². The largest absolute Gasteiger partial charge is 0.366 e. The molecule has 0 spiro atoms. The van der Waals surface area contributed by atoms with Crippen molar-refractivity contribution < 1.29 is 9.59 Å². The van der Waals surface area contributed by atoms with E-state index in [1.54, 1.807) is 6.07 Å². The highest BCUT2D eigenvalue weighted by atomic mass is 16.2. The van der Waals surface area contributed by atoms with E-state index in [1.165, 1.54) is 0 Å². The van der Waals surface area contributed by atoms with Crippen LogP contribution in [0.4, 0.5) is 5.69 Å². The molecule has 0 radical (unpaired) electrons. The summed E-state index contributed by atoms with van der Waals surface area (Å²) in [6.45, 7) is 0. The standard InChI is InChI=1S/C22H20N2O2/c23-21(25)19-11-5-10-18(17-13-12-14-6-3-4-9-16(14)17)20(19)24-22(26)15-7-1-2-8-15/h3-7,9-13,17H,1-2,8H2,(H2,23,25)(H,24,26). The second-order valence-electron chi connectivity index (χ2n) is 6.68. The summed E-state index contributed by atoms with van der Waals surface area (Å²) in [6.07, 6.45) is 8.81. The zero-order chi connectivity index (χ0) is 18.1. The molecule has 0 saturated carbocycles. The summed E-state index contributed by atoms with van der Waals surface area (Å²) in [5, 5.41) is 2.97. The summed E-state index contributed by atoms with van der Waals surface area (Å²) in [7, 11) is 0. The minimum absolute atomic E-state index is 0.0154. The number of carbonyl (C=O) groups is 2. The Morgan fingerprint density at radius 3 is 2.62 bits per heavy atom. The molecule has 0 heterocycles. The Kier molecular flexibility index (Phi) is 4.17. The molecular formula is C22H20N2O2. The molecule has 0 aliphatic heterocycles. The molecule has 0 bridgehead atoms. The van der Waals surface area contributed by atoms with Crippen molar-refractivity contribution in [2.45, 2.75) is 25.2 Å². The third kappa shape index (κ3) is 2.84. The summed E-state index contributed by atoms with van der Waals surface area (Å²) in [5.74, 6) is -0.705. The molecule has 3 N–H and O–H groups in total. The van der Waals surface area contributed by atoms with Crippen LogP contribution in [0.15, 0.2) is 60.2 Å². The molecule has 1 unspecified atom stereocenters. The molecular weight excluding hydrogens is 324 g/mol. The lowest BCUT2D eigenvalue weighted by Crippen LogP contribution is -2.21. The number of hydrogen-bond donors (Lipinski definition) is 2. The van der Waals surface area contributed by atoms with Crippen molar-refractivity contribution in [3.63, 3.8) is 0 Å². The lowest BCUT2D eigenvalue weighted by atomic mass is 9.90. The maximum absolute atomic E-state index is 12.7. The SMILES string of the molecule is NC(=O)c1cccc(C2C=Cc3ccccc32)c1NC(=O)C1=CCCC1. The average Bonchev–Trinajstić information content (AvgIpc) is 3.31. The number of benzene rings is 2. The molecule has 1 atom stereocenters. The van der Waals surface area contributed by atoms with Crippen LogP contribution >= 0.6 is 0 Å². The van der Waals surface area contributed by atoms with E-state index < -0.39 is 5.91 Å². The fourth-order valence-corrected chi connectivity index (χ4v) is 3.77. The van der Waals surface area contributed by atoms with E-state index in [2.05, 4.69) is 29.6 Å². The van der Waals surface area contributed by atoms with Crippen LogP contribution in [0.2, 0.25) is 0 Å². The number of rotatable bonds is 4. The van der Waals surface area contributed by atoms with Gasteiger partial charge in [-0.3, -0.25) is 9.59 Å². The highest BCUT2D eigenvalue weighted by molar-refractivity contribution is 6.09. The van der Waals surface area contributed by atoms with Gasteiger partial charge in [0.1, 0.15) is 0 Å². The van der Waals surface area contributed by atoms with E-state index in [-0.39, 0.29) is 11.8 Å². The predicted octanol–water partition coefficient (Wildman–Crippen LogP) is 3.99. The quantitative estimate of drug-likeness (QED) is 0.880. The molecule has 4 heteroatoms. The molecule has 2 amide bonds. The van der Waals surface area contributed by atoms with Gasteiger partial charge >= 0.3 is 0 Å². The van der Waals surface area contributed by atoms with Crippen LogP contribution in [0.1, 0.15) is 52.2 Å². The number of para-hydroxylation sites is 1. The van der Waals surface area contributed by atoms with Crippen LogP contribution in [0.5, 0.6) is 0 Å². The predicted molar refractivity (Wildman–Crippen MR) is 103 cm³/mol. The van der Waals surface area contributed by atoms with E-state index >= 15 is 0 Å². The number of nitrogens with two attached hydrogens (primary N) is 1. The van der Waals surface area contributed by atoms with E-state index in [1.807, 2.05) is 30.3 Å². The first kappa shape index (κ1) is 16.3. The van der Waals surface area contributed by atoms with E-state index in [9.17, 15) is 9.59 Å². The highest BCUT2D eigenvalue weighted by Crippen LogP contribution is 2.39. The minimum Gasteiger partial charge on any atom is -0.366 e. The molecule has 0 aromatic heterocycles. The Balaban J connectivity index is 1.78. The van der Waals surface area contributed by atoms with Crippen LogP contribution < -0.4 is 11.1 Å². The van der Waals surface area contributed by atoms with Crippen molar-refractivity contribution in [2.24, 2.45) is 5.73 Å². The van der Waals surface area contributed by atoms with E-state index in [0.717, 1.165) is 41.5 Å². The van der Waals surface area contributed by atoms with E-state index in [0.29, 0.717) is 11.3 Å². The Bertz CT molecular complexity index is 956. The highest BCUT2D eigenvalue weighted by Gasteiger charge is 2.25. The number of hydrogen-bond acceptors (Lipinski definition) is 2. The monoisotopic (exact) mass is 344 g/mol. The summed E-state index contributed by atoms with van der Waals surface area (Å²) < 4.78 is 0. The van der Waals surface area contributed by atoms with Crippen LogP contribution in [-0.4, -0.2) is 11.8 Å². The number of fused-ring (bicyclic) bond motifs is 1. The summed E-state index contributed by atoms with van der Waals surface area (Å²) in [5.41, 5.74) is 10.4. The zero-order valence-electron chi connectivity index (χ0n) is 14.4. The molecule has 2 aliphatic rings. The summed E-state index contributed by atoms with van der Waals surface area (Å²) in [6, 6.07) is 13.6. The first-order chi connectivity index (χ1) is 12.6. The molecule has 2 aromatic rings. The number of amides is 2. The van der Waals surface area contributed by atoms with Crippen molar-refractivity contribution in [1.29, 1.82) is 0 Å². The van der Waals surface area contributed by atoms with Gasteiger partial charge in [0, 0.05) is 11.5 Å². The first-order valence-corrected chi connectivity index (χ1v) is 8.85. The Labute approximate surface area is 152 Å². The lowest BCUT2D eigenvalue weighted by Gasteiger charge is -2.19. The first-order valence-electron chi connectivity index (χ1n) is 8.85. The third-order valence-electron chi connectivity index (χ3n) is 5.07. The summed E-state index contributed by atoms with van der Waals surface area (Å²) in [4.78, 5) is 24.6. The van der Waals surface area contributed by atoms with Crippen LogP contribution in [0.25, 0.3) is 6.08 Å². The average molecular weight is 344 g/mol. The lowest BCUT2D eigenvalue weighted by molar-refractivity contribution is -0.112. The smallest absolute Gasteiger partial charge is 0.251 e. The zero-order valence-corrected chi connectivity index (χ0v) is 14.4. The number of anilines is 1. The van der Waals surface area contributed by atoms with Gasteiger partial charge in [0.15, 0.2) is 0 Å². The van der Waals surface area contributed by atoms with Crippen molar-refractivity contribution >= 4 is 23.6 Å². The molecule has 4 nitrogen and oxygen atoms in total. The second-order valence-corrected chi connectivity index (χ2v) is 6.68. The van der Waals surface area contributed by atoms with Gasteiger partial charge in [-0.15, -0.1) is 0 Å². The van der Waals surface area contributed by atoms with Gasteiger partial charge in [0.05, 0.1) is 11.3 Å². The summed E-state index contributed by atoms with van der Waals surface area (Å²) >= 11 is 0. The van der Waals surface area contributed by atoms with E-state index in [4.69, 9.17) is 5.73 Å². The van der Waals surface area contributed by atoms with Crippen molar-refractivity contribution in [3.05, 3.63) is 82.4 Å². The maximum atomic E-state index is 12.7. The molecule has 2 aromatic carbocycles. The maximum Gasteiger partial charge on any atom is 0.251 e. The Morgan fingerprint density at radius 2 is 1.85 bits per heavy atom. The van der Waals surface area contributed by atoms with Crippen LogP contribution in [-0.2, 0) is 4.79 Å². The normalized spacial score (nSPS) is 17.7. The molecule has 4 rings (SSSR count). The molecule has 26 heavy (non-hydrogen) atoms. The molecule has 130 valence electrons. The topological polar surface area (TPSA) is 72.2 Å². The molecule has 0 fully saturated rings. The minimum atomic E-state index is -0.544. The third-order valence-corrected chi connectivity index (χ3v) is 5.07. The van der Waals surface area contributed by atoms with Crippen molar-refractivity contribution in [1.82, 2.24) is 0 Å². The van der Waals surface area contributed by atoms with Gasteiger partial charge in [0.25, 0.3) is 11.8 Å². The van der Waals surface area contributed by atoms with Gasteiger partial charge in [-0.1, -0.05) is 54.6 Å². The van der Waals surface area contributed by atoms with Gasteiger partial charge in [-0.25, -0.2) is 0 Å².